The highest BCUT2D eigenvalue weighted by Gasteiger charge is 2.05. The summed E-state index contributed by atoms with van der Waals surface area (Å²) in [6, 6.07) is 8.19. The van der Waals surface area contributed by atoms with Crippen molar-refractivity contribution in [3.05, 3.63) is 51.1 Å². The van der Waals surface area contributed by atoms with E-state index in [0.717, 1.165) is 14.7 Å². The van der Waals surface area contributed by atoms with E-state index in [1.165, 1.54) is 12.1 Å². The molecule has 0 aliphatic carbocycles. The first kappa shape index (κ1) is 10.8. The van der Waals surface area contributed by atoms with E-state index >= 15 is 0 Å². The molecule has 0 fully saturated rings. The van der Waals surface area contributed by atoms with E-state index < -0.39 is 0 Å². The molecule has 2 aromatic rings. The lowest BCUT2D eigenvalue weighted by Crippen LogP contribution is -1.86. The monoisotopic (exact) mass is 333 g/mol. The number of rotatable bonds is 1. The Bertz CT molecular complexity index is 502. The third-order valence-corrected chi connectivity index (χ3v) is 2.83. The fourth-order valence-electron chi connectivity index (χ4n) is 1.28. The summed E-state index contributed by atoms with van der Waals surface area (Å²) in [5, 5.41) is 0.390. The smallest absolute Gasteiger partial charge is 0.136 e. The molecule has 1 aromatic carbocycles. The van der Waals surface area contributed by atoms with Gasteiger partial charge in [0, 0.05) is 15.3 Å². The second kappa shape index (κ2) is 4.45. The van der Waals surface area contributed by atoms with Crippen molar-refractivity contribution < 1.29 is 4.39 Å². The van der Waals surface area contributed by atoms with E-state index in [9.17, 15) is 4.39 Å². The van der Waals surface area contributed by atoms with E-state index in [1.54, 1.807) is 12.3 Å². The van der Waals surface area contributed by atoms with Crippen molar-refractivity contribution in [2.45, 2.75) is 0 Å². The average molecular weight is 334 g/mol. The van der Waals surface area contributed by atoms with Gasteiger partial charge in [0.05, 0.1) is 0 Å². The SMILES string of the molecule is Fc1cccc(-c2cc(I)cnc2Cl)c1. The Hall–Kier alpha value is -0.680. The molecule has 1 aromatic heterocycles. The Kier molecular flexibility index (Phi) is 3.21. The van der Waals surface area contributed by atoms with Gasteiger partial charge in [0.1, 0.15) is 11.0 Å². The van der Waals surface area contributed by atoms with Crippen LogP contribution in [0.5, 0.6) is 0 Å². The Morgan fingerprint density at radius 2 is 2.07 bits per heavy atom. The van der Waals surface area contributed by atoms with Gasteiger partial charge in [-0.05, 0) is 46.4 Å². The Balaban J connectivity index is 2.58. The minimum absolute atomic E-state index is 0.276. The standard InChI is InChI=1S/C11H6ClFIN/c12-11-10(5-9(14)6-15-11)7-2-1-3-8(13)4-7/h1-6H. The third-order valence-electron chi connectivity index (χ3n) is 1.94. The Morgan fingerprint density at radius 1 is 1.27 bits per heavy atom. The summed E-state index contributed by atoms with van der Waals surface area (Å²) in [4.78, 5) is 4.02. The lowest BCUT2D eigenvalue weighted by Gasteiger charge is -2.04. The van der Waals surface area contributed by atoms with Crippen LogP contribution in [0.15, 0.2) is 36.5 Å². The molecule has 4 heteroatoms. The van der Waals surface area contributed by atoms with Crippen molar-refractivity contribution in [2.75, 3.05) is 0 Å². The van der Waals surface area contributed by atoms with Crippen molar-refractivity contribution in [2.24, 2.45) is 0 Å². The summed E-state index contributed by atoms with van der Waals surface area (Å²) in [7, 11) is 0. The van der Waals surface area contributed by atoms with Gasteiger partial charge in [0.15, 0.2) is 0 Å². The molecule has 0 radical (unpaired) electrons. The molecule has 0 amide bonds. The third kappa shape index (κ3) is 2.46. The van der Waals surface area contributed by atoms with Gasteiger partial charge < -0.3 is 0 Å². The van der Waals surface area contributed by atoms with Gasteiger partial charge >= 0.3 is 0 Å². The first-order valence-corrected chi connectivity index (χ1v) is 5.69. The second-order valence-electron chi connectivity index (χ2n) is 3.00. The predicted octanol–water partition coefficient (Wildman–Crippen LogP) is 4.15. The number of hydrogen-bond donors (Lipinski definition) is 0. The highest BCUT2D eigenvalue weighted by molar-refractivity contribution is 14.1. The van der Waals surface area contributed by atoms with E-state index in [-0.39, 0.29) is 5.82 Å². The van der Waals surface area contributed by atoms with Gasteiger partial charge in [0.25, 0.3) is 0 Å². The van der Waals surface area contributed by atoms with Crippen molar-refractivity contribution in [3.8, 4) is 11.1 Å². The van der Waals surface area contributed by atoms with Crippen LogP contribution in [0.4, 0.5) is 4.39 Å². The van der Waals surface area contributed by atoms with Crippen molar-refractivity contribution in [1.29, 1.82) is 0 Å². The van der Waals surface area contributed by atoms with E-state index in [0.29, 0.717) is 5.15 Å². The van der Waals surface area contributed by atoms with E-state index in [4.69, 9.17) is 11.6 Å². The summed E-state index contributed by atoms with van der Waals surface area (Å²) in [6.07, 6.45) is 1.67. The fraction of sp³-hybridized carbons (Fsp3) is 0. The molecule has 0 atom stereocenters. The zero-order valence-electron chi connectivity index (χ0n) is 7.55. The maximum atomic E-state index is 13.0. The topological polar surface area (TPSA) is 12.9 Å². The van der Waals surface area contributed by atoms with Crippen molar-refractivity contribution >= 4 is 34.2 Å². The van der Waals surface area contributed by atoms with Gasteiger partial charge in [-0.3, -0.25) is 0 Å². The molecular weight excluding hydrogens is 327 g/mol. The van der Waals surface area contributed by atoms with Crippen LogP contribution < -0.4 is 0 Å². The first-order chi connectivity index (χ1) is 7.16. The average Bonchev–Trinajstić information content (AvgIpc) is 2.22. The van der Waals surface area contributed by atoms with Crippen LogP contribution in [0.1, 0.15) is 0 Å². The maximum absolute atomic E-state index is 13.0. The molecular formula is C11H6ClFIN. The van der Waals surface area contributed by atoms with Crippen LogP contribution in [-0.2, 0) is 0 Å². The number of hydrogen-bond acceptors (Lipinski definition) is 1. The van der Waals surface area contributed by atoms with Crippen LogP contribution in [0.25, 0.3) is 11.1 Å². The lowest BCUT2D eigenvalue weighted by molar-refractivity contribution is 0.628. The number of pyridine rings is 1. The molecule has 0 aliphatic heterocycles. The van der Waals surface area contributed by atoms with Crippen LogP contribution in [0.3, 0.4) is 0 Å². The summed E-state index contributed by atoms with van der Waals surface area (Å²) in [5.41, 5.74) is 1.49. The van der Waals surface area contributed by atoms with Gasteiger partial charge in [-0.1, -0.05) is 23.7 Å². The van der Waals surface area contributed by atoms with Crippen LogP contribution in [0, 0.1) is 9.39 Å². The fourth-order valence-corrected chi connectivity index (χ4v) is 1.94. The Labute approximate surface area is 105 Å². The molecule has 2 rings (SSSR count). The van der Waals surface area contributed by atoms with Gasteiger partial charge in [-0.15, -0.1) is 0 Å². The van der Waals surface area contributed by atoms with Crippen LogP contribution in [0.2, 0.25) is 5.15 Å². The molecule has 0 saturated carbocycles. The van der Waals surface area contributed by atoms with Gasteiger partial charge in [-0.25, -0.2) is 9.37 Å². The quantitative estimate of drug-likeness (QED) is 0.564. The summed E-state index contributed by atoms with van der Waals surface area (Å²) < 4.78 is 14.0. The predicted molar refractivity (Wildman–Crippen MR) is 67.4 cm³/mol. The van der Waals surface area contributed by atoms with E-state index in [1.807, 2.05) is 12.1 Å². The minimum atomic E-state index is -0.276. The molecule has 15 heavy (non-hydrogen) atoms. The molecule has 0 unspecified atom stereocenters. The molecule has 0 spiro atoms. The zero-order chi connectivity index (χ0) is 10.8. The summed E-state index contributed by atoms with van der Waals surface area (Å²) in [6.45, 7) is 0. The number of halogens is 3. The molecule has 0 saturated heterocycles. The van der Waals surface area contributed by atoms with Crippen LogP contribution in [-0.4, -0.2) is 4.98 Å². The second-order valence-corrected chi connectivity index (χ2v) is 4.61. The summed E-state index contributed by atoms with van der Waals surface area (Å²) in [5.74, 6) is -0.276. The van der Waals surface area contributed by atoms with E-state index in [2.05, 4.69) is 27.6 Å². The molecule has 0 bridgehead atoms. The molecule has 0 N–H and O–H groups in total. The van der Waals surface area contributed by atoms with Crippen molar-refractivity contribution in [1.82, 2.24) is 4.98 Å². The zero-order valence-corrected chi connectivity index (χ0v) is 10.5. The largest absolute Gasteiger partial charge is 0.243 e. The molecule has 76 valence electrons. The van der Waals surface area contributed by atoms with Crippen molar-refractivity contribution in [3.63, 3.8) is 0 Å². The number of aromatic nitrogens is 1. The highest BCUT2D eigenvalue weighted by Crippen LogP contribution is 2.27. The normalized spacial score (nSPS) is 10.3. The van der Waals surface area contributed by atoms with Gasteiger partial charge in [0.2, 0.25) is 0 Å². The molecule has 1 heterocycles. The van der Waals surface area contributed by atoms with Crippen LogP contribution >= 0.6 is 34.2 Å². The first-order valence-electron chi connectivity index (χ1n) is 4.24. The number of benzene rings is 1. The Morgan fingerprint density at radius 3 is 2.80 bits per heavy atom. The minimum Gasteiger partial charge on any atom is -0.243 e. The molecule has 1 nitrogen and oxygen atoms in total. The summed E-state index contributed by atoms with van der Waals surface area (Å²) >= 11 is 8.09. The molecule has 0 aliphatic rings. The lowest BCUT2D eigenvalue weighted by atomic mass is 10.1. The van der Waals surface area contributed by atoms with Gasteiger partial charge in [-0.2, -0.15) is 0 Å². The highest BCUT2D eigenvalue weighted by atomic mass is 127. The maximum Gasteiger partial charge on any atom is 0.136 e. The number of nitrogens with zero attached hydrogens (tertiary/aromatic N) is 1.